The van der Waals surface area contributed by atoms with E-state index in [1.54, 1.807) is 0 Å². The lowest BCUT2D eigenvalue weighted by molar-refractivity contribution is 0.182. The van der Waals surface area contributed by atoms with Crippen molar-refractivity contribution in [1.29, 1.82) is 0 Å². The van der Waals surface area contributed by atoms with Crippen molar-refractivity contribution in [3.63, 3.8) is 0 Å². The van der Waals surface area contributed by atoms with Gasteiger partial charge in [0.1, 0.15) is 0 Å². The molecule has 2 heterocycles. The second-order valence-electron chi connectivity index (χ2n) is 5.83. The fraction of sp³-hybridized carbons (Fsp3) is 0.412. The van der Waals surface area contributed by atoms with Crippen LogP contribution in [0, 0.1) is 6.92 Å². The molecular weight excluding hydrogens is 264 g/mol. The zero-order valence-corrected chi connectivity index (χ0v) is 12.8. The Kier molecular flexibility index (Phi) is 4.20. The summed E-state index contributed by atoms with van der Waals surface area (Å²) in [5, 5.41) is 2.17. The summed E-state index contributed by atoms with van der Waals surface area (Å²) in [6.07, 6.45) is 1.12. The van der Waals surface area contributed by atoms with Gasteiger partial charge in [0.2, 0.25) is 0 Å². The number of rotatable bonds is 3. The Bertz CT molecular complexity index is 550. The maximum atomic E-state index is 6.28. The SMILES string of the molecule is Cc1ccccc1CN1CC(N)CC(c2cccs2)C1. The summed E-state index contributed by atoms with van der Waals surface area (Å²) in [7, 11) is 0. The van der Waals surface area contributed by atoms with Crippen molar-refractivity contribution in [3.05, 3.63) is 57.8 Å². The molecule has 0 saturated carbocycles. The van der Waals surface area contributed by atoms with Crippen molar-refractivity contribution >= 4 is 11.3 Å². The second kappa shape index (κ2) is 6.08. The molecule has 0 bridgehead atoms. The predicted octanol–water partition coefficient (Wildman–Crippen LogP) is 3.37. The van der Waals surface area contributed by atoms with Crippen molar-refractivity contribution in [1.82, 2.24) is 4.90 Å². The van der Waals surface area contributed by atoms with Crippen LogP contribution in [0.5, 0.6) is 0 Å². The van der Waals surface area contributed by atoms with Crippen LogP contribution in [0.4, 0.5) is 0 Å². The Morgan fingerprint density at radius 2 is 2.05 bits per heavy atom. The second-order valence-corrected chi connectivity index (χ2v) is 6.81. The first kappa shape index (κ1) is 13.8. The fourth-order valence-electron chi connectivity index (χ4n) is 3.12. The van der Waals surface area contributed by atoms with E-state index >= 15 is 0 Å². The molecule has 1 fully saturated rings. The molecule has 3 rings (SSSR count). The van der Waals surface area contributed by atoms with Crippen LogP contribution in [0.3, 0.4) is 0 Å². The van der Waals surface area contributed by atoms with Gasteiger partial charge in [0.25, 0.3) is 0 Å². The Balaban J connectivity index is 1.72. The monoisotopic (exact) mass is 286 g/mol. The first-order valence-electron chi connectivity index (χ1n) is 7.28. The summed E-state index contributed by atoms with van der Waals surface area (Å²) in [6, 6.07) is 13.3. The minimum absolute atomic E-state index is 0.292. The molecule has 1 aliphatic rings. The minimum Gasteiger partial charge on any atom is -0.327 e. The number of likely N-dealkylation sites (tertiary alicyclic amines) is 1. The van der Waals surface area contributed by atoms with Gasteiger partial charge < -0.3 is 5.73 Å². The third-order valence-electron chi connectivity index (χ3n) is 4.16. The normalized spacial score (nSPS) is 23.9. The van der Waals surface area contributed by atoms with E-state index in [0.717, 1.165) is 26.1 Å². The molecule has 1 saturated heterocycles. The molecular formula is C17H22N2S. The Labute approximate surface area is 125 Å². The molecule has 2 atom stereocenters. The lowest BCUT2D eigenvalue weighted by atomic mass is 9.93. The zero-order chi connectivity index (χ0) is 13.9. The average Bonchev–Trinajstić information content (AvgIpc) is 2.95. The molecule has 20 heavy (non-hydrogen) atoms. The van der Waals surface area contributed by atoms with Crippen molar-refractivity contribution in [3.8, 4) is 0 Å². The molecule has 2 aromatic rings. The van der Waals surface area contributed by atoms with E-state index in [4.69, 9.17) is 5.73 Å². The minimum atomic E-state index is 0.292. The lowest BCUT2D eigenvalue weighted by Crippen LogP contribution is -2.45. The topological polar surface area (TPSA) is 29.3 Å². The average molecular weight is 286 g/mol. The predicted molar refractivity (Wildman–Crippen MR) is 86.1 cm³/mol. The number of nitrogens with two attached hydrogens (primary N) is 1. The number of piperidine rings is 1. The van der Waals surface area contributed by atoms with Crippen molar-refractivity contribution in [2.24, 2.45) is 5.73 Å². The van der Waals surface area contributed by atoms with Gasteiger partial charge >= 0.3 is 0 Å². The summed E-state index contributed by atoms with van der Waals surface area (Å²) < 4.78 is 0. The highest BCUT2D eigenvalue weighted by Crippen LogP contribution is 2.30. The quantitative estimate of drug-likeness (QED) is 0.937. The van der Waals surface area contributed by atoms with Gasteiger partial charge in [0.05, 0.1) is 0 Å². The van der Waals surface area contributed by atoms with Gasteiger partial charge in [-0.1, -0.05) is 30.3 Å². The number of nitrogens with zero attached hydrogens (tertiary/aromatic N) is 1. The van der Waals surface area contributed by atoms with E-state index in [-0.39, 0.29) is 0 Å². The highest BCUT2D eigenvalue weighted by molar-refractivity contribution is 7.10. The largest absolute Gasteiger partial charge is 0.327 e. The standard InChI is InChI=1S/C17H22N2S/c1-13-5-2-3-6-14(13)10-19-11-15(9-16(18)12-19)17-7-4-8-20-17/h2-8,15-16H,9-12,18H2,1H3. The van der Waals surface area contributed by atoms with Crippen LogP contribution in [0.25, 0.3) is 0 Å². The molecule has 0 aliphatic carbocycles. The molecule has 1 aromatic carbocycles. The highest BCUT2D eigenvalue weighted by atomic mass is 32.1. The van der Waals surface area contributed by atoms with Crippen LogP contribution in [0.2, 0.25) is 0 Å². The number of hydrogen-bond acceptors (Lipinski definition) is 3. The van der Waals surface area contributed by atoms with Gasteiger partial charge in [-0.3, -0.25) is 4.90 Å². The maximum Gasteiger partial charge on any atom is 0.0237 e. The van der Waals surface area contributed by atoms with Crippen molar-refractivity contribution in [2.75, 3.05) is 13.1 Å². The molecule has 2 unspecified atom stereocenters. The summed E-state index contributed by atoms with van der Waals surface area (Å²) in [5.74, 6) is 0.600. The van der Waals surface area contributed by atoms with E-state index in [2.05, 4.69) is 53.6 Å². The summed E-state index contributed by atoms with van der Waals surface area (Å²) in [5.41, 5.74) is 9.07. The number of benzene rings is 1. The van der Waals surface area contributed by atoms with Crippen molar-refractivity contribution in [2.45, 2.75) is 31.8 Å². The number of thiophene rings is 1. The summed E-state index contributed by atoms with van der Waals surface area (Å²) in [4.78, 5) is 4.00. The first-order chi connectivity index (χ1) is 9.72. The Hall–Kier alpha value is -1.16. The van der Waals surface area contributed by atoms with Crippen LogP contribution in [-0.4, -0.2) is 24.0 Å². The molecule has 0 radical (unpaired) electrons. The summed E-state index contributed by atoms with van der Waals surface area (Å²) >= 11 is 1.86. The Morgan fingerprint density at radius 1 is 1.20 bits per heavy atom. The fourth-order valence-corrected chi connectivity index (χ4v) is 3.95. The Morgan fingerprint density at radius 3 is 2.80 bits per heavy atom. The highest BCUT2D eigenvalue weighted by Gasteiger charge is 2.26. The first-order valence-corrected chi connectivity index (χ1v) is 8.16. The molecule has 2 N–H and O–H groups in total. The maximum absolute atomic E-state index is 6.28. The van der Waals surface area contributed by atoms with Crippen LogP contribution < -0.4 is 5.73 Å². The molecule has 1 aromatic heterocycles. The van der Waals surface area contributed by atoms with Gasteiger partial charge in [-0.05, 0) is 35.9 Å². The van der Waals surface area contributed by atoms with Crippen LogP contribution in [0.1, 0.15) is 28.3 Å². The number of aryl methyl sites for hydroxylation is 1. The van der Waals surface area contributed by atoms with E-state index in [9.17, 15) is 0 Å². The molecule has 0 amide bonds. The smallest absolute Gasteiger partial charge is 0.0237 e. The van der Waals surface area contributed by atoms with Gasteiger partial charge in [-0.15, -0.1) is 11.3 Å². The summed E-state index contributed by atoms with van der Waals surface area (Å²) in [6.45, 7) is 5.34. The van der Waals surface area contributed by atoms with Crippen LogP contribution >= 0.6 is 11.3 Å². The third-order valence-corrected chi connectivity index (χ3v) is 5.19. The number of hydrogen-bond donors (Lipinski definition) is 1. The van der Waals surface area contributed by atoms with E-state index in [1.165, 1.54) is 16.0 Å². The van der Waals surface area contributed by atoms with E-state index < -0.39 is 0 Å². The van der Waals surface area contributed by atoms with Gasteiger partial charge in [-0.2, -0.15) is 0 Å². The van der Waals surface area contributed by atoms with E-state index in [0.29, 0.717) is 12.0 Å². The van der Waals surface area contributed by atoms with Crippen LogP contribution in [0.15, 0.2) is 41.8 Å². The molecule has 1 aliphatic heterocycles. The molecule has 0 spiro atoms. The lowest BCUT2D eigenvalue weighted by Gasteiger charge is -2.36. The zero-order valence-electron chi connectivity index (χ0n) is 12.0. The van der Waals surface area contributed by atoms with Crippen LogP contribution in [-0.2, 0) is 6.54 Å². The van der Waals surface area contributed by atoms with Gasteiger partial charge in [-0.25, -0.2) is 0 Å². The third kappa shape index (κ3) is 3.11. The molecule has 106 valence electrons. The van der Waals surface area contributed by atoms with Gasteiger partial charge in [0, 0.05) is 36.5 Å². The van der Waals surface area contributed by atoms with E-state index in [1.807, 2.05) is 11.3 Å². The van der Waals surface area contributed by atoms with Crippen molar-refractivity contribution < 1.29 is 0 Å². The molecule has 2 nitrogen and oxygen atoms in total. The molecule has 3 heteroatoms. The van der Waals surface area contributed by atoms with Gasteiger partial charge in [0.15, 0.2) is 0 Å².